The third kappa shape index (κ3) is 4.01. The van der Waals surface area contributed by atoms with Gasteiger partial charge in [-0.05, 0) is 41.8 Å². The quantitative estimate of drug-likeness (QED) is 0.738. The Hall–Kier alpha value is -3.01. The second-order valence-corrected chi connectivity index (χ2v) is 5.22. The Labute approximate surface area is 134 Å². The van der Waals surface area contributed by atoms with Gasteiger partial charge < -0.3 is 0 Å². The van der Waals surface area contributed by atoms with Crippen LogP contribution in [0.1, 0.15) is 21.5 Å². The first kappa shape index (κ1) is 14.9. The molecule has 3 nitrogen and oxygen atoms in total. The molecule has 4 heteroatoms. The SMILES string of the molecule is O=C(N[n+]1ccc(Cc2ccccc2)cc1)c1ccc(F)cc1. The summed E-state index contributed by atoms with van der Waals surface area (Å²) in [5, 5.41) is 0. The van der Waals surface area contributed by atoms with Gasteiger partial charge in [-0.1, -0.05) is 35.0 Å². The van der Waals surface area contributed by atoms with E-state index in [9.17, 15) is 9.18 Å². The van der Waals surface area contributed by atoms with E-state index >= 15 is 0 Å². The van der Waals surface area contributed by atoms with Gasteiger partial charge >= 0.3 is 5.91 Å². The molecule has 2 aromatic carbocycles. The number of hydrogen-bond acceptors (Lipinski definition) is 1. The lowest BCUT2D eigenvalue weighted by Gasteiger charge is -2.02. The summed E-state index contributed by atoms with van der Waals surface area (Å²) in [5.74, 6) is -0.648. The van der Waals surface area contributed by atoms with Crippen molar-refractivity contribution in [3.63, 3.8) is 0 Å². The molecule has 0 saturated carbocycles. The summed E-state index contributed by atoms with van der Waals surface area (Å²) in [4.78, 5) is 12.0. The van der Waals surface area contributed by atoms with Gasteiger partial charge in [-0.15, -0.1) is 5.43 Å². The van der Waals surface area contributed by atoms with Crippen molar-refractivity contribution in [2.75, 3.05) is 5.43 Å². The van der Waals surface area contributed by atoms with Crippen LogP contribution in [-0.2, 0) is 6.42 Å². The van der Waals surface area contributed by atoms with Gasteiger partial charge in [-0.2, -0.15) is 0 Å². The summed E-state index contributed by atoms with van der Waals surface area (Å²) >= 11 is 0. The van der Waals surface area contributed by atoms with E-state index < -0.39 is 0 Å². The molecule has 3 rings (SSSR count). The molecule has 1 N–H and O–H groups in total. The van der Waals surface area contributed by atoms with Gasteiger partial charge in [0.25, 0.3) is 0 Å². The van der Waals surface area contributed by atoms with Gasteiger partial charge in [0.05, 0.1) is 0 Å². The lowest BCUT2D eigenvalue weighted by Crippen LogP contribution is -2.47. The second-order valence-electron chi connectivity index (χ2n) is 5.22. The molecule has 1 aromatic heterocycles. The number of halogens is 1. The van der Waals surface area contributed by atoms with Gasteiger partial charge in [0.1, 0.15) is 5.82 Å². The molecule has 1 amide bonds. The molecule has 0 spiro atoms. The molecular formula is C19H16FN2O+. The van der Waals surface area contributed by atoms with Crippen LogP contribution in [-0.4, -0.2) is 5.91 Å². The maximum Gasteiger partial charge on any atom is 0.305 e. The van der Waals surface area contributed by atoms with E-state index in [1.54, 1.807) is 17.1 Å². The molecule has 0 unspecified atom stereocenters. The molecule has 1 heterocycles. The number of rotatable bonds is 4. The summed E-state index contributed by atoms with van der Waals surface area (Å²) < 4.78 is 14.4. The van der Waals surface area contributed by atoms with Crippen molar-refractivity contribution in [3.05, 3.63) is 102 Å². The van der Waals surface area contributed by atoms with E-state index in [2.05, 4.69) is 17.6 Å². The first-order chi connectivity index (χ1) is 11.2. The minimum Gasteiger partial charge on any atom is -0.264 e. The largest absolute Gasteiger partial charge is 0.305 e. The van der Waals surface area contributed by atoms with E-state index in [1.807, 2.05) is 30.3 Å². The number of benzene rings is 2. The molecule has 0 radical (unpaired) electrons. The fourth-order valence-corrected chi connectivity index (χ4v) is 2.26. The summed E-state index contributed by atoms with van der Waals surface area (Å²) in [6, 6.07) is 19.5. The normalized spacial score (nSPS) is 10.3. The average molecular weight is 307 g/mol. The smallest absolute Gasteiger partial charge is 0.264 e. The lowest BCUT2D eigenvalue weighted by molar-refractivity contribution is -0.641. The van der Waals surface area contributed by atoms with Crippen molar-refractivity contribution in [2.24, 2.45) is 0 Å². The minimum atomic E-state index is -0.362. The van der Waals surface area contributed by atoms with Crippen molar-refractivity contribution in [1.82, 2.24) is 0 Å². The van der Waals surface area contributed by atoms with Crippen LogP contribution in [0.3, 0.4) is 0 Å². The number of amides is 1. The Morgan fingerprint density at radius 1 is 0.870 bits per heavy atom. The minimum absolute atomic E-state index is 0.286. The second kappa shape index (κ2) is 6.83. The van der Waals surface area contributed by atoms with Crippen LogP contribution < -0.4 is 10.1 Å². The fourth-order valence-electron chi connectivity index (χ4n) is 2.26. The summed E-state index contributed by atoms with van der Waals surface area (Å²) in [7, 11) is 0. The van der Waals surface area contributed by atoms with Crippen molar-refractivity contribution >= 4 is 5.91 Å². The van der Waals surface area contributed by atoms with Gasteiger partial charge in [-0.3, -0.25) is 4.79 Å². The first-order valence-electron chi connectivity index (χ1n) is 7.32. The highest BCUT2D eigenvalue weighted by Crippen LogP contribution is 2.07. The number of carbonyl (C=O) groups is 1. The van der Waals surface area contributed by atoms with Crippen molar-refractivity contribution < 1.29 is 13.9 Å². The molecule has 114 valence electrons. The van der Waals surface area contributed by atoms with Crippen molar-refractivity contribution in [2.45, 2.75) is 6.42 Å². The van der Waals surface area contributed by atoms with E-state index in [1.165, 1.54) is 29.8 Å². The van der Waals surface area contributed by atoms with E-state index in [0.717, 1.165) is 12.0 Å². The highest BCUT2D eigenvalue weighted by Gasteiger charge is 2.10. The van der Waals surface area contributed by atoms with Gasteiger partial charge in [0.15, 0.2) is 12.4 Å². The third-order valence-corrected chi connectivity index (χ3v) is 3.49. The Morgan fingerprint density at radius 2 is 1.48 bits per heavy atom. The number of aromatic nitrogens is 1. The predicted molar refractivity (Wildman–Crippen MR) is 86.0 cm³/mol. The molecule has 0 bridgehead atoms. The van der Waals surface area contributed by atoms with Gasteiger partial charge in [0.2, 0.25) is 0 Å². The molecule has 0 aliphatic rings. The zero-order chi connectivity index (χ0) is 16.1. The Morgan fingerprint density at radius 3 is 2.13 bits per heavy atom. The maximum atomic E-state index is 12.9. The summed E-state index contributed by atoms with van der Waals surface area (Å²) in [6.07, 6.45) is 4.42. The molecule has 0 saturated heterocycles. The number of nitrogens with zero attached hydrogens (tertiary/aromatic N) is 1. The Kier molecular flexibility index (Phi) is 4.43. The Bertz CT molecular complexity index is 784. The molecule has 23 heavy (non-hydrogen) atoms. The average Bonchev–Trinajstić information content (AvgIpc) is 2.58. The van der Waals surface area contributed by atoms with Gasteiger partial charge in [0, 0.05) is 17.7 Å². The number of carbonyl (C=O) groups excluding carboxylic acids is 1. The number of hydrogen-bond donors (Lipinski definition) is 1. The van der Waals surface area contributed by atoms with Gasteiger partial charge in [-0.25, -0.2) is 4.39 Å². The number of pyridine rings is 1. The summed E-state index contributed by atoms with van der Waals surface area (Å²) in [5.41, 5.74) is 5.53. The molecule has 0 aliphatic carbocycles. The molecule has 0 fully saturated rings. The summed E-state index contributed by atoms with van der Waals surface area (Å²) in [6.45, 7) is 0. The monoisotopic (exact) mass is 307 g/mol. The predicted octanol–water partition coefficient (Wildman–Crippen LogP) is 3.09. The van der Waals surface area contributed by atoms with E-state index in [4.69, 9.17) is 0 Å². The van der Waals surface area contributed by atoms with Crippen LogP contribution in [0.25, 0.3) is 0 Å². The van der Waals surface area contributed by atoms with Crippen LogP contribution in [0, 0.1) is 5.82 Å². The third-order valence-electron chi connectivity index (χ3n) is 3.49. The van der Waals surface area contributed by atoms with Crippen LogP contribution in [0.2, 0.25) is 0 Å². The zero-order valence-electron chi connectivity index (χ0n) is 12.4. The van der Waals surface area contributed by atoms with Crippen LogP contribution in [0.5, 0.6) is 0 Å². The Balaban J connectivity index is 1.65. The fraction of sp³-hybridized carbons (Fsp3) is 0.0526. The highest BCUT2D eigenvalue weighted by molar-refractivity contribution is 5.98. The van der Waals surface area contributed by atoms with Crippen LogP contribution in [0.15, 0.2) is 79.1 Å². The van der Waals surface area contributed by atoms with E-state index in [-0.39, 0.29) is 11.7 Å². The molecule has 0 atom stereocenters. The standard InChI is InChI=1S/C19H15FN2O/c20-18-8-6-17(7-9-18)19(23)21-22-12-10-16(11-13-22)14-15-4-2-1-3-5-15/h1-13H,14H2/p+1. The zero-order valence-corrected chi connectivity index (χ0v) is 12.4. The van der Waals surface area contributed by atoms with Crippen LogP contribution >= 0.6 is 0 Å². The van der Waals surface area contributed by atoms with Crippen molar-refractivity contribution in [3.8, 4) is 0 Å². The lowest BCUT2D eigenvalue weighted by atomic mass is 10.1. The van der Waals surface area contributed by atoms with E-state index in [0.29, 0.717) is 5.56 Å². The first-order valence-corrected chi connectivity index (χ1v) is 7.32. The molecule has 3 aromatic rings. The van der Waals surface area contributed by atoms with Crippen LogP contribution in [0.4, 0.5) is 4.39 Å². The molecule has 0 aliphatic heterocycles. The topological polar surface area (TPSA) is 33.0 Å². The van der Waals surface area contributed by atoms with Crippen molar-refractivity contribution in [1.29, 1.82) is 0 Å². The molecular weight excluding hydrogens is 291 g/mol. The number of nitrogens with one attached hydrogen (secondary N) is 1. The highest BCUT2D eigenvalue weighted by atomic mass is 19.1. The maximum absolute atomic E-state index is 12.9.